The maximum absolute atomic E-state index is 13.2. The highest BCUT2D eigenvalue weighted by Crippen LogP contribution is 2.18. The van der Waals surface area contributed by atoms with Gasteiger partial charge in [0, 0.05) is 0 Å². The van der Waals surface area contributed by atoms with Crippen LogP contribution in [0.3, 0.4) is 0 Å². The fraction of sp³-hybridized carbons (Fsp3) is 0.176. The zero-order valence-corrected chi connectivity index (χ0v) is 14.0. The third-order valence-corrected chi connectivity index (χ3v) is 4.15. The molecule has 0 aliphatic rings. The first kappa shape index (κ1) is 15.7. The number of nitrogens with one attached hydrogen (secondary N) is 2. The number of fused-ring (bicyclic) bond motifs is 1. The van der Waals surface area contributed by atoms with Gasteiger partial charge >= 0.3 is 0 Å². The Bertz CT molecular complexity index is 829. The van der Waals surface area contributed by atoms with Crippen molar-refractivity contribution in [2.24, 2.45) is 0 Å². The van der Waals surface area contributed by atoms with Crippen LogP contribution in [0.15, 0.2) is 46.9 Å². The fourth-order valence-electron chi connectivity index (χ4n) is 2.37. The number of para-hydroxylation sites is 2. The van der Waals surface area contributed by atoms with Crippen molar-refractivity contribution in [2.75, 3.05) is 0 Å². The number of carbonyl (C=O) groups is 1. The maximum Gasteiger partial charge on any atom is 0.224 e. The Kier molecular flexibility index (Phi) is 4.43. The van der Waals surface area contributed by atoms with E-state index in [9.17, 15) is 9.18 Å². The molecule has 0 bridgehead atoms. The van der Waals surface area contributed by atoms with Gasteiger partial charge in [-0.15, -0.1) is 0 Å². The van der Waals surface area contributed by atoms with Crippen LogP contribution in [-0.2, 0) is 11.2 Å². The predicted molar refractivity (Wildman–Crippen MR) is 90.5 cm³/mol. The van der Waals surface area contributed by atoms with Crippen molar-refractivity contribution in [1.82, 2.24) is 15.3 Å². The van der Waals surface area contributed by atoms with Crippen molar-refractivity contribution in [3.05, 3.63) is 64.1 Å². The average molecular weight is 376 g/mol. The molecule has 1 aromatic heterocycles. The number of hydrogen-bond acceptors (Lipinski definition) is 2. The smallest absolute Gasteiger partial charge is 0.224 e. The van der Waals surface area contributed by atoms with Crippen molar-refractivity contribution in [2.45, 2.75) is 19.4 Å². The Morgan fingerprint density at radius 2 is 2.13 bits per heavy atom. The first-order chi connectivity index (χ1) is 11.0. The molecule has 1 amide bonds. The Labute approximate surface area is 141 Å². The van der Waals surface area contributed by atoms with Gasteiger partial charge in [-0.2, -0.15) is 0 Å². The van der Waals surface area contributed by atoms with Crippen molar-refractivity contribution in [3.8, 4) is 0 Å². The van der Waals surface area contributed by atoms with Gasteiger partial charge in [0.2, 0.25) is 5.91 Å². The highest BCUT2D eigenvalue weighted by Gasteiger charge is 2.14. The van der Waals surface area contributed by atoms with E-state index >= 15 is 0 Å². The first-order valence-corrected chi connectivity index (χ1v) is 8.00. The van der Waals surface area contributed by atoms with Gasteiger partial charge in [0.05, 0.1) is 28.0 Å². The molecule has 3 aromatic rings. The first-order valence-electron chi connectivity index (χ1n) is 7.21. The minimum atomic E-state index is -0.343. The summed E-state index contributed by atoms with van der Waals surface area (Å²) in [5.74, 6) is 0.223. The lowest BCUT2D eigenvalue weighted by Crippen LogP contribution is -2.28. The lowest BCUT2D eigenvalue weighted by Gasteiger charge is -2.11. The Morgan fingerprint density at radius 1 is 1.35 bits per heavy atom. The molecule has 0 aliphatic heterocycles. The quantitative estimate of drug-likeness (QED) is 0.726. The van der Waals surface area contributed by atoms with Crippen molar-refractivity contribution in [1.29, 1.82) is 0 Å². The summed E-state index contributed by atoms with van der Waals surface area (Å²) in [7, 11) is 0. The minimum Gasteiger partial charge on any atom is -0.346 e. The summed E-state index contributed by atoms with van der Waals surface area (Å²) in [5.41, 5.74) is 2.55. The summed E-state index contributed by atoms with van der Waals surface area (Å²) in [6.45, 7) is 1.87. The molecule has 0 spiro atoms. The maximum atomic E-state index is 13.2. The number of aromatic nitrogens is 2. The van der Waals surface area contributed by atoms with E-state index in [2.05, 4.69) is 31.2 Å². The molecule has 2 N–H and O–H groups in total. The van der Waals surface area contributed by atoms with E-state index in [0.717, 1.165) is 16.6 Å². The molecule has 0 aliphatic carbocycles. The Morgan fingerprint density at radius 3 is 2.87 bits per heavy atom. The number of carbonyl (C=O) groups excluding carboxylic acids is 1. The zero-order valence-electron chi connectivity index (χ0n) is 12.4. The zero-order chi connectivity index (χ0) is 16.4. The average Bonchev–Trinajstić information content (AvgIpc) is 2.95. The molecule has 3 rings (SSSR count). The summed E-state index contributed by atoms with van der Waals surface area (Å²) in [5, 5.41) is 2.90. The number of aromatic amines is 1. The van der Waals surface area contributed by atoms with Crippen LogP contribution < -0.4 is 5.32 Å². The van der Waals surface area contributed by atoms with Gasteiger partial charge in [-0.3, -0.25) is 4.79 Å². The van der Waals surface area contributed by atoms with Gasteiger partial charge in [0.15, 0.2) is 0 Å². The van der Waals surface area contributed by atoms with Crippen molar-refractivity contribution < 1.29 is 9.18 Å². The molecule has 6 heteroatoms. The number of imidazole rings is 1. The Hall–Kier alpha value is -2.21. The highest BCUT2D eigenvalue weighted by molar-refractivity contribution is 9.10. The standard InChI is InChI=1S/C17H15BrFN3O/c1-10(17-21-14-4-2-3-5-15(14)22-17)20-16(23)9-11-6-7-13(19)12(18)8-11/h2-8,10H,9H2,1H3,(H,20,23)(H,21,22)/t10-/m0/s1. The third-order valence-electron chi connectivity index (χ3n) is 3.54. The van der Waals surface area contributed by atoms with Gasteiger partial charge in [0.25, 0.3) is 0 Å². The molecule has 2 aromatic carbocycles. The van der Waals surface area contributed by atoms with E-state index in [1.165, 1.54) is 6.07 Å². The second-order valence-electron chi connectivity index (χ2n) is 5.35. The highest BCUT2D eigenvalue weighted by atomic mass is 79.9. The van der Waals surface area contributed by atoms with Gasteiger partial charge in [0.1, 0.15) is 11.6 Å². The van der Waals surface area contributed by atoms with Crippen LogP contribution in [-0.4, -0.2) is 15.9 Å². The van der Waals surface area contributed by atoms with Crippen LogP contribution >= 0.6 is 15.9 Å². The number of rotatable bonds is 4. The minimum absolute atomic E-state index is 0.142. The summed E-state index contributed by atoms with van der Waals surface area (Å²) in [6, 6.07) is 12.0. The molecule has 0 saturated heterocycles. The second kappa shape index (κ2) is 6.50. The van der Waals surface area contributed by atoms with Crippen LogP contribution in [0.1, 0.15) is 24.4 Å². The molecular formula is C17H15BrFN3O. The molecular weight excluding hydrogens is 361 g/mol. The number of nitrogens with zero attached hydrogens (tertiary/aromatic N) is 1. The van der Waals surface area contributed by atoms with E-state index < -0.39 is 0 Å². The van der Waals surface area contributed by atoms with Crippen molar-refractivity contribution in [3.63, 3.8) is 0 Å². The largest absolute Gasteiger partial charge is 0.346 e. The van der Waals surface area contributed by atoms with Crippen LogP contribution in [0.5, 0.6) is 0 Å². The van der Waals surface area contributed by atoms with Gasteiger partial charge in [-0.1, -0.05) is 18.2 Å². The molecule has 0 fully saturated rings. The summed E-state index contributed by atoms with van der Waals surface area (Å²) < 4.78 is 13.6. The fourth-order valence-corrected chi connectivity index (χ4v) is 2.80. The van der Waals surface area contributed by atoms with Crippen LogP contribution in [0.25, 0.3) is 11.0 Å². The lowest BCUT2D eigenvalue weighted by atomic mass is 10.1. The molecule has 0 unspecified atom stereocenters. The predicted octanol–water partition coefficient (Wildman–Crippen LogP) is 3.88. The van der Waals surface area contributed by atoms with Gasteiger partial charge in [-0.25, -0.2) is 9.37 Å². The van der Waals surface area contributed by atoms with E-state index in [4.69, 9.17) is 0 Å². The van der Waals surface area contributed by atoms with E-state index in [1.807, 2.05) is 31.2 Å². The molecule has 1 atom stereocenters. The molecule has 0 radical (unpaired) electrons. The van der Waals surface area contributed by atoms with E-state index in [-0.39, 0.29) is 24.2 Å². The lowest BCUT2D eigenvalue weighted by molar-refractivity contribution is -0.121. The Balaban J connectivity index is 1.67. The van der Waals surface area contributed by atoms with Crippen molar-refractivity contribution >= 4 is 32.9 Å². The summed E-state index contributed by atoms with van der Waals surface area (Å²) >= 11 is 3.12. The van der Waals surface area contributed by atoms with Crippen LogP contribution in [0, 0.1) is 5.82 Å². The molecule has 118 valence electrons. The van der Waals surface area contributed by atoms with E-state index in [0.29, 0.717) is 10.3 Å². The molecule has 1 heterocycles. The number of halogens is 2. The molecule has 23 heavy (non-hydrogen) atoms. The molecule has 4 nitrogen and oxygen atoms in total. The summed E-state index contributed by atoms with van der Waals surface area (Å²) in [4.78, 5) is 19.8. The second-order valence-corrected chi connectivity index (χ2v) is 6.21. The normalized spacial score (nSPS) is 12.3. The number of benzene rings is 2. The number of H-pyrrole nitrogens is 1. The monoisotopic (exact) mass is 375 g/mol. The van der Waals surface area contributed by atoms with E-state index in [1.54, 1.807) is 12.1 Å². The molecule has 0 saturated carbocycles. The van der Waals surface area contributed by atoms with Gasteiger partial charge < -0.3 is 10.3 Å². The number of hydrogen-bond donors (Lipinski definition) is 2. The number of amides is 1. The van der Waals surface area contributed by atoms with Gasteiger partial charge in [-0.05, 0) is 52.7 Å². The summed E-state index contributed by atoms with van der Waals surface area (Å²) in [6.07, 6.45) is 0.184. The van der Waals surface area contributed by atoms with Crippen LogP contribution in [0.4, 0.5) is 4.39 Å². The SMILES string of the molecule is C[C@H](NC(=O)Cc1ccc(F)c(Br)c1)c1nc2ccccc2[nH]1. The van der Waals surface area contributed by atoms with Crippen LogP contribution in [0.2, 0.25) is 0 Å². The topological polar surface area (TPSA) is 57.8 Å². The third kappa shape index (κ3) is 3.59.